The van der Waals surface area contributed by atoms with Gasteiger partial charge in [-0.3, -0.25) is 9.35 Å². The summed E-state index contributed by atoms with van der Waals surface area (Å²) < 4.78 is 73.6. The van der Waals surface area contributed by atoms with Gasteiger partial charge in [0.1, 0.15) is 0 Å². The Balaban J connectivity index is 2.65. The number of carbonyl (C=O) groups excluding carboxylic acids is 1. The van der Waals surface area contributed by atoms with Gasteiger partial charge >= 0.3 is 21.3 Å². The average Bonchev–Trinajstić information content (AvgIpc) is 2.38. The van der Waals surface area contributed by atoms with Crippen molar-refractivity contribution >= 4 is 16.1 Å². The maximum atomic E-state index is 13.4. The Morgan fingerprint density at radius 2 is 1.74 bits per heavy atom. The van der Waals surface area contributed by atoms with Crippen LogP contribution in [0, 0.1) is 17.8 Å². The van der Waals surface area contributed by atoms with Crippen molar-refractivity contribution in [1.82, 2.24) is 0 Å². The summed E-state index contributed by atoms with van der Waals surface area (Å²) in [4.78, 5) is 12.1. The molecule has 11 heteroatoms. The van der Waals surface area contributed by atoms with Crippen molar-refractivity contribution in [2.24, 2.45) is 17.8 Å². The van der Waals surface area contributed by atoms with Crippen molar-refractivity contribution in [3.8, 4) is 0 Å². The Morgan fingerprint density at radius 1 is 1.22 bits per heavy atom. The first-order valence-corrected chi connectivity index (χ1v) is 9.92. The quantitative estimate of drug-likeness (QED) is 0.385. The highest BCUT2D eigenvalue weighted by molar-refractivity contribution is 7.86. The summed E-state index contributed by atoms with van der Waals surface area (Å²) in [5.41, 5.74) is -2.27. The fraction of sp³-hybridized carbons (Fsp3) is 0.938. The maximum Gasteiger partial charge on any atom is 0.400 e. The van der Waals surface area contributed by atoms with Gasteiger partial charge in [0.05, 0.1) is 23.7 Å². The fourth-order valence-corrected chi connectivity index (χ4v) is 4.06. The molecule has 1 aliphatic rings. The number of esters is 1. The van der Waals surface area contributed by atoms with Crippen molar-refractivity contribution in [2.45, 2.75) is 69.6 Å². The first kappa shape index (κ1) is 24.1. The molecule has 27 heavy (non-hydrogen) atoms. The second-order valence-electron chi connectivity index (χ2n) is 8.26. The van der Waals surface area contributed by atoms with Crippen LogP contribution in [0.5, 0.6) is 0 Å². The van der Waals surface area contributed by atoms with Gasteiger partial charge in [-0.05, 0) is 46.5 Å². The Labute approximate surface area is 156 Å². The molecule has 1 fully saturated rings. The lowest BCUT2D eigenvalue weighted by atomic mass is 9.56. The number of aliphatic hydroxyl groups is 2. The normalized spacial score (nSPS) is 25.6. The Morgan fingerprint density at radius 3 is 2.15 bits per heavy atom. The molecule has 3 N–H and O–H groups in total. The van der Waals surface area contributed by atoms with Crippen LogP contribution >= 0.6 is 0 Å². The largest absolute Gasteiger partial charge is 0.465 e. The van der Waals surface area contributed by atoms with Crippen molar-refractivity contribution in [1.29, 1.82) is 0 Å². The molecule has 0 aromatic heterocycles. The Bertz CT molecular complexity index is 637. The number of carbonyl (C=O) groups is 1. The van der Waals surface area contributed by atoms with Crippen molar-refractivity contribution in [2.75, 3.05) is 6.61 Å². The molecule has 0 bridgehead atoms. The number of alkyl halides is 3. The van der Waals surface area contributed by atoms with E-state index in [9.17, 15) is 36.6 Å². The molecular formula is C16H27F3O7S. The van der Waals surface area contributed by atoms with Crippen LogP contribution in [0.2, 0.25) is 0 Å². The van der Waals surface area contributed by atoms with Crippen molar-refractivity contribution in [3.63, 3.8) is 0 Å². The molecule has 0 spiro atoms. The van der Waals surface area contributed by atoms with Crippen LogP contribution in [0.15, 0.2) is 0 Å². The van der Waals surface area contributed by atoms with Crippen LogP contribution in [0.1, 0.15) is 47.0 Å². The van der Waals surface area contributed by atoms with Crippen LogP contribution in [-0.4, -0.2) is 58.4 Å². The zero-order valence-electron chi connectivity index (χ0n) is 15.7. The maximum absolute atomic E-state index is 13.4. The molecule has 4 atom stereocenters. The van der Waals surface area contributed by atoms with E-state index < -0.39 is 63.6 Å². The van der Waals surface area contributed by atoms with E-state index >= 15 is 0 Å². The van der Waals surface area contributed by atoms with Gasteiger partial charge in [-0.15, -0.1) is 0 Å². The Hall–Kier alpha value is -0.910. The molecule has 0 radical (unpaired) electrons. The van der Waals surface area contributed by atoms with Crippen LogP contribution in [0.3, 0.4) is 0 Å². The molecule has 0 heterocycles. The van der Waals surface area contributed by atoms with Gasteiger partial charge in [0.25, 0.3) is 0 Å². The molecule has 1 saturated carbocycles. The first-order chi connectivity index (χ1) is 11.9. The molecule has 1 aliphatic carbocycles. The average molecular weight is 420 g/mol. The van der Waals surface area contributed by atoms with Crippen LogP contribution in [0.25, 0.3) is 0 Å². The third kappa shape index (κ3) is 6.03. The second-order valence-corrected chi connectivity index (χ2v) is 9.75. The zero-order chi connectivity index (χ0) is 21.4. The molecule has 0 aromatic rings. The van der Waals surface area contributed by atoms with E-state index in [0.29, 0.717) is 12.8 Å². The van der Waals surface area contributed by atoms with E-state index in [-0.39, 0.29) is 5.92 Å². The molecule has 1 rings (SSSR count). The van der Waals surface area contributed by atoms with Gasteiger partial charge in [0.2, 0.25) is 0 Å². The number of ether oxygens (including phenoxy) is 1. The summed E-state index contributed by atoms with van der Waals surface area (Å²) in [6.07, 6.45) is -3.73. The third-order valence-electron chi connectivity index (χ3n) is 4.70. The molecule has 0 saturated heterocycles. The minimum atomic E-state index is -5.92. The van der Waals surface area contributed by atoms with Gasteiger partial charge in [0, 0.05) is 12.3 Å². The van der Waals surface area contributed by atoms with Gasteiger partial charge in [0.15, 0.2) is 6.17 Å². The summed E-state index contributed by atoms with van der Waals surface area (Å²) in [6, 6.07) is 0. The predicted octanol–water partition coefficient (Wildman–Crippen LogP) is 1.92. The van der Waals surface area contributed by atoms with Gasteiger partial charge in [-0.1, -0.05) is 0 Å². The van der Waals surface area contributed by atoms with E-state index in [2.05, 4.69) is 0 Å². The lowest BCUT2D eigenvalue weighted by molar-refractivity contribution is -0.176. The fourth-order valence-electron chi connectivity index (χ4n) is 3.62. The second kappa shape index (κ2) is 7.84. The summed E-state index contributed by atoms with van der Waals surface area (Å²) in [6.45, 7) is 5.38. The van der Waals surface area contributed by atoms with Gasteiger partial charge in [-0.25, -0.2) is 4.39 Å². The smallest absolute Gasteiger partial charge is 0.400 e. The first-order valence-electron chi connectivity index (χ1n) is 8.48. The van der Waals surface area contributed by atoms with Gasteiger partial charge < -0.3 is 14.9 Å². The monoisotopic (exact) mass is 420 g/mol. The molecular weight excluding hydrogens is 393 g/mol. The highest BCUT2D eigenvalue weighted by atomic mass is 32.2. The number of hydrogen-bond acceptors (Lipinski definition) is 6. The topological polar surface area (TPSA) is 121 Å². The molecule has 0 amide bonds. The summed E-state index contributed by atoms with van der Waals surface area (Å²) >= 11 is 0. The lowest BCUT2D eigenvalue weighted by Crippen LogP contribution is -2.54. The summed E-state index contributed by atoms with van der Waals surface area (Å²) in [5.74, 6) is -2.29. The van der Waals surface area contributed by atoms with Crippen LogP contribution in [-0.2, 0) is 19.6 Å². The van der Waals surface area contributed by atoms with E-state index in [1.54, 1.807) is 13.8 Å². The SMILES string of the molecule is CC(C)(O)CC1CC(C(=O)OCCC(F)C(F)(F)S(=O)(=O)O)C1C(C)(C)O. The Kier molecular flexibility index (Phi) is 7.01. The molecule has 0 aromatic carbocycles. The van der Waals surface area contributed by atoms with E-state index in [1.807, 2.05) is 0 Å². The van der Waals surface area contributed by atoms with Crippen molar-refractivity contribution < 1.29 is 45.9 Å². The molecule has 7 nitrogen and oxygen atoms in total. The molecule has 4 unspecified atom stereocenters. The predicted molar refractivity (Wildman–Crippen MR) is 89.3 cm³/mol. The molecule has 160 valence electrons. The van der Waals surface area contributed by atoms with Crippen LogP contribution in [0.4, 0.5) is 13.2 Å². The highest BCUT2D eigenvalue weighted by Crippen LogP contribution is 2.50. The highest BCUT2D eigenvalue weighted by Gasteiger charge is 2.54. The summed E-state index contributed by atoms with van der Waals surface area (Å²) in [5, 5.41) is 15.2. The minimum absolute atomic E-state index is 0.166. The number of halogens is 3. The number of hydrogen-bond donors (Lipinski definition) is 3. The standard InChI is InChI=1S/C16H27F3O7S/c1-14(2,21)8-9-7-10(12(9)15(3,4)22)13(20)26-6-5-11(17)16(18,19)27(23,24)25/h9-12,21-22H,5-8H2,1-4H3,(H,23,24,25). The van der Waals surface area contributed by atoms with Gasteiger partial charge in [-0.2, -0.15) is 17.2 Å². The third-order valence-corrected chi connectivity index (χ3v) is 5.65. The summed E-state index contributed by atoms with van der Waals surface area (Å²) in [7, 11) is -5.92. The van der Waals surface area contributed by atoms with E-state index in [0.717, 1.165) is 0 Å². The van der Waals surface area contributed by atoms with Crippen LogP contribution < -0.4 is 0 Å². The van der Waals surface area contributed by atoms with Crippen molar-refractivity contribution in [3.05, 3.63) is 0 Å². The number of rotatable bonds is 9. The minimum Gasteiger partial charge on any atom is -0.465 e. The lowest BCUT2D eigenvalue weighted by Gasteiger charge is -2.50. The van der Waals surface area contributed by atoms with E-state index in [4.69, 9.17) is 9.29 Å². The zero-order valence-corrected chi connectivity index (χ0v) is 16.5. The molecule has 0 aliphatic heterocycles. The van der Waals surface area contributed by atoms with E-state index in [1.165, 1.54) is 13.8 Å².